The molecule has 1 amide bonds. The van der Waals surface area contributed by atoms with E-state index in [-0.39, 0.29) is 5.91 Å². The normalized spacial score (nSPS) is 10.1. The van der Waals surface area contributed by atoms with Gasteiger partial charge in [-0.3, -0.25) is 4.79 Å². The lowest BCUT2D eigenvalue weighted by Crippen LogP contribution is -2.13. The molecule has 3 nitrogen and oxygen atoms in total. The van der Waals surface area contributed by atoms with Crippen molar-refractivity contribution in [3.8, 4) is 0 Å². The van der Waals surface area contributed by atoms with Gasteiger partial charge in [0.25, 0.3) is 5.91 Å². The highest BCUT2D eigenvalue weighted by atomic mass is 79.9. The number of halogens is 1. The van der Waals surface area contributed by atoms with E-state index in [0.29, 0.717) is 10.2 Å². The fourth-order valence-corrected chi connectivity index (χ4v) is 2.05. The lowest BCUT2D eigenvalue weighted by Gasteiger charge is -2.07. The summed E-state index contributed by atoms with van der Waals surface area (Å²) in [6, 6.07) is 11.3. The predicted octanol–water partition coefficient (Wildman–Crippen LogP) is 3.66. The molecule has 92 valence electrons. The van der Waals surface area contributed by atoms with Gasteiger partial charge in [-0.05, 0) is 52.2 Å². The molecule has 1 N–H and O–H groups in total. The lowest BCUT2D eigenvalue weighted by atomic mass is 10.1. The highest BCUT2D eigenvalue weighted by Crippen LogP contribution is 2.16. The highest BCUT2D eigenvalue weighted by Gasteiger charge is 2.10. The third kappa shape index (κ3) is 2.96. The maximum Gasteiger partial charge on any atom is 0.258 e. The van der Waals surface area contributed by atoms with Gasteiger partial charge in [0.15, 0.2) is 0 Å². The van der Waals surface area contributed by atoms with Gasteiger partial charge in [-0.2, -0.15) is 0 Å². The molecule has 0 atom stereocenters. The van der Waals surface area contributed by atoms with Crippen molar-refractivity contribution in [3.05, 3.63) is 58.3 Å². The van der Waals surface area contributed by atoms with Crippen molar-refractivity contribution in [1.82, 2.24) is 4.98 Å². The second kappa shape index (κ2) is 5.78. The van der Waals surface area contributed by atoms with Crippen LogP contribution in [0.4, 0.5) is 5.69 Å². The number of nitrogens with one attached hydrogen (secondary N) is 1. The summed E-state index contributed by atoms with van der Waals surface area (Å²) >= 11 is 3.27. The average Bonchev–Trinajstić information content (AvgIpc) is 2.39. The number of aryl methyl sites for hydroxylation is 1. The van der Waals surface area contributed by atoms with Crippen LogP contribution in [0.2, 0.25) is 0 Å². The maximum atomic E-state index is 12.1. The SMILES string of the molecule is CCc1cccc(NC(=O)c2cccnc2Br)c1. The van der Waals surface area contributed by atoms with Crippen molar-refractivity contribution in [1.29, 1.82) is 0 Å². The third-order valence-electron chi connectivity index (χ3n) is 2.60. The van der Waals surface area contributed by atoms with E-state index in [0.717, 1.165) is 12.1 Å². The Hall–Kier alpha value is -1.68. The van der Waals surface area contributed by atoms with Gasteiger partial charge in [0.2, 0.25) is 0 Å². The maximum absolute atomic E-state index is 12.1. The summed E-state index contributed by atoms with van der Waals surface area (Å²) in [6.45, 7) is 2.08. The Balaban J connectivity index is 2.19. The number of hydrogen-bond acceptors (Lipinski definition) is 2. The largest absolute Gasteiger partial charge is 0.322 e. The fraction of sp³-hybridized carbons (Fsp3) is 0.143. The van der Waals surface area contributed by atoms with Crippen molar-refractivity contribution in [2.75, 3.05) is 5.32 Å². The minimum Gasteiger partial charge on any atom is -0.322 e. The standard InChI is InChI=1S/C14H13BrN2O/c1-2-10-5-3-6-11(9-10)17-14(18)12-7-4-8-16-13(12)15/h3-9H,2H2,1H3,(H,17,18). The van der Waals surface area contributed by atoms with Gasteiger partial charge >= 0.3 is 0 Å². The molecule has 0 aliphatic carbocycles. The van der Waals surface area contributed by atoms with Gasteiger partial charge < -0.3 is 5.32 Å². The summed E-state index contributed by atoms with van der Waals surface area (Å²) in [4.78, 5) is 16.1. The Bertz CT molecular complexity index is 569. The minimum atomic E-state index is -0.164. The van der Waals surface area contributed by atoms with Crippen LogP contribution in [0.1, 0.15) is 22.8 Å². The second-order valence-electron chi connectivity index (χ2n) is 3.85. The lowest BCUT2D eigenvalue weighted by molar-refractivity contribution is 0.102. The van der Waals surface area contributed by atoms with Gasteiger partial charge in [-0.1, -0.05) is 19.1 Å². The van der Waals surface area contributed by atoms with Crippen LogP contribution in [-0.2, 0) is 6.42 Å². The molecule has 0 radical (unpaired) electrons. The van der Waals surface area contributed by atoms with Crippen molar-refractivity contribution in [3.63, 3.8) is 0 Å². The molecule has 0 bridgehead atoms. The Morgan fingerprint density at radius 2 is 2.17 bits per heavy atom. The van der Waals surface area contributed by atoms with Crippen molar-refractivity contribution >= 4 is 27.5 Å². The first-order valence-corrected chi connectivity index (χ1v) is 6.51. The van der Waals surface area contributed by atoms with E-state index in [2.05, 4.69) is 33.2 Å². The van der Waals surface area contributed by atoms with E-state index >= 15 is 0 Å². The van der Waals surface area contributed by atoms with Crippen molar-refractivity contribution in [2.45, 2.75) is 13.3 Å². The number of rotatable bonds is 3. The van der Waals surface area contributed by atoms with Crippen LogP contribution in [0.15, 0.2) is 47.2 Å². The molecular weight excluding hydrogens is 292 g/mol. The van der Waals surface area contributed by atoms with Crippen molar-refractivity contribution in [2.24, 2.45) is 0 Å². The van der Waals surface area contributed by atoms with Crippen LogP contribution in [0.25, 0.3) is 0 Å². The first-order valence-electron chi connectivity index (χ1n) is 5.71. The molecule has 0 spiro atoms. The van der Waals surface area contributed by atoms with Gasteiger partial charge in [0.05, 0.1) is 5.56 Å². The van der Waals surface area contributed by atoms with Gasteiger partial charge in [-0.15, -0.1) is 0 Å². The fourth-order valence-electron chi connectivity index (χ4n) is 1.62. The number of carbonyl (C=O) groups excluding carboxylic acids is 1. The number of carbonyl (C=O) groups is 1. The molecule has 0 aliphatic rings. The number of aromatic nitrogens is 1. The summed E-state index contributed by atoms with van der Waals surface area (Å²) in [5, 5.41) is 2.86. The van der Waals surface area contributed by atoms with Crippen LogP contribution >= 0.6 is 15.9 Å². The molecule has 0 saturated carbocycles. The number of benzene rings is 1. The van der Waals surface area contributed by atoms with Crippen molar-refractivity contribution < 1.29 is 4.79 Å². The van der Waals surface area contributed by atoms with Crippen LogP contribution in [-0.4, -0.2) is 10.9 Å². The Kier molecular flexibility index (Phi) is 4.10. The molecule has 1 heterocycles. The van der Waals surface area contributed by atoms with E-state index < -0.39 is 0 Å². The Labute approximate surface area is 114 Å². The monoisotopic (exact) mass is 304 g/mol. The molecule has 0 aliphatic heterocycles. The second-order valence-corrected chi connectivity index (χ2v) is 4.60. The van der Waals surface area contributed by atoms with E-state index in [1.807, 2.05) is 24.3 Å². The molecule has 2 rings (SSSR count). The minimum absolute atomic E-state index is 0.164. The first kappa shape index (κ1) is 12.8. The molecule has 0 unspecified atom stereocenters. The predicted molar refractivity (Wildman–Crippen MR) is 75.7 cm³/mol. The molecule has 0 fully saturated rings. The first-order chi connectivity index (χ1) is 8.70. The van der Waals surface area contributed by atoms with E-state index in [1.165, 1.54) is 5.56 Å². The van der Waals surface area contributed by atoms with Crippen LogP contribution in [0.3, 0.4) is 0 Å². The zero-order valence-electron chi connectivity index (χ0n) is 9.98. The van der Waals surface area contributed by atoms with Crippen LogP contribution in [0.5, 0.6) is 0 Å². The number of hydrogen-bond donors (Lipinski definition) is 1. The van der Waals surface area contributed by atoms with Gasteiger partial charge in [0, 0.05) is 11.9 Å². The molecule has 1 aromatic heterocycles. The van der Waals surface area contributed by atoms with Crippen LogP contribution < -0.4 is 5.32 Å². The zero-order valence-corrected chi connectivity index (χ0v) is 11.6. The molecule has 0 saturated heterocycles. The summed E-state index contributed by atoms with van der Waals surface area (Å²) in [5.74, 6) is -0.164. The summed E-state index contributed by atoms with van der Waals surface area (Å²) < 4.78 is 0.550. The van der Waals surface area contributed by atoms with Gasteiger partial charge in [0.1, 0.15) is 4.60 Å². The molecule has 1 aromatic carbocycles. The van der Waals surface area contributed by atoms with E-state index in [1.54, 1.807) is 18.3 Å². The number of amides is 1. The molecule has 18 heavy (non-hydrogen) atoms. The smallest absolute Gasteiger partial charge is 0.258 e. The molecule has 2 aromatic rings. The Morgan fingerprint density at radius 3 is 2.89 bits per heavy atom. The number of pyridine rings is 1. The quantitative estimate of drug-likeness (QED) is 0.879. The zero-order chi connectivity index (χ0) is 13.0. The number of anilines is 1. The van der Waals surface area contributed by atoms with Crippen LogP contribution in [0, 0.1) is 0 Å². The highest BCUT2D eigenvalue weighted by molar-refractivity contribution is 9.10. The summed E-state index contributed by atoms with van der Waals surface area (Å²) in [7, 11) is 0. The van der Waals surface area contributed by atoms with E-state index in [9.17, 15) is 4.79 Å². The topological polar surface area (TPSA) is 42.0 Å². The van der Waals surface area contributed by atoms with Gasteiger partial charge in [-0.25, -0.2) is 4.98 Å². The van der Waals surface area contributed by atoms with E-state index in [4.69, 9.17) is 0 Å². The Morgan fingerprint density at radius 1 is 1.33 bits per heavy atom. The summed E-state index contributed by atoms with van der Waals surface area (Å²) in [5.41, 5.74) is 2.52. The summed E-state index contributed by atoms with van der Waals surface area (Å²) in [6.07, 6.45) is 2.58. The average molecular weight is 305 g/mol. The molecular formula is C14H13BrN2O. The third-order valence-corrected chi connectivity index (χ3v) is 3.23. The number of nitrogens with zero attached hydrogens (tertiary/aromatic N) is 1. The molecule has 4 heteroatoms.